The molecule has 0 saturated heterocycles. The van der Waals surface area contributed by atoms with Crippen molar-refractivity contribution < 1.29 is 13.9 Å². The first kappa shape index (κ1) is 35.3. The molecule has 3 nitrogen and oxygen atoms in total. The van der Waals surface area contributed by atoms with Crippen LogP contribution in [0.5, 0.6) is 5.75 Å². The van der Waals surface area contributed by atoms with Crippen LogP contribution in [0, 0.1) is 20.8 Å². The topological polar surface area (TPSA) is 38.7 Å². The number of aryl methyl sites for hydroxylation is 3. The van der Waals surface area contributed by atoms with E-state index < -0.39 is 7.28 Å². The van der Waals surface area contributed by atoms with Crippen molar-refractivity contribution in [3.63, 3.8) is 0 Å². The summed E-state index contributed by atoms with van der Waals surface area (Å²) in [4.78, 5) is 13.2. The van der Waals surface area contributed by atoms with Crippen LogP contribution in [-0.2, 0) is 4.52 Å². The van der Waals surface area contributed by atoms with Crippen LogP contribution in [0.3, 0.4) is 0 Å². The minimum absolute atomic E-state index is 0.446. The molecular weight excluding hydrogens is 547 g/mol. The van der Waals surface area contributed by atoms with Gasteiger partial charge >= 0.3 is 219 Å². The van der Waals surface area contributed by atoms with E-state index in [1.54, 1.807) is 0 Å². The Bertz CT molecular complexity index is 1160. The summed E-state index contributed by atoms with van der Waals surface area (Å²) in [6, 6.07) is 23.9. The minimum atomic E-state index is -4.54. The Labute approximate surface area is 263 Å². The first-order valence-corrected chi connectivity index (χ1v) is 19.2. The van der Waals surface area contributed by atoms with Crippen LogP contribution < -0.4 is 15.1 Å². The molecule has 3 aromatic carbocycles. The fraction of sp³-hybridized carbons (Fsp3) is 0.538. The Morgan fingerprint density at radius 1 is 0.488 bits per heavy atom. The molecule has 0 heterocycles. The monoisotopic (exact) mass is 606 g/mol. The van der Waals surface area contributed by atoms with E-state index in [2.05, 4.69) is 6.92 Å². The molecular formula is C39H59O3P. The molecule has 0 bridgehead atoms. The van der Waals surface area contributed by atoms with E-state index >= 15 is 0 Å². The Balaban J connectivity index is 1.55. The molecule has 0 aliphatic rings. The first-order valence-electron chi connectivity index (χ1n) is 17.2. The molecule has 3 aromatic rings. The van der Waals surface area contributed by atoms with Gasteiger partial charge in [0.05, 0.1) is 0 Å². The van der Waals surface area contributed by atoms with Crippen molar-refractivity contribution in [2.45, 2.75) is 130 Å². The van der Waals surface area contributed by atoms with Crippen LogP contribution in [0.2, 0.25) is 0 Å². The van der Waals surface area contributed by atoms with Gasteiger partial charge in [-0.15, -0.1) is 0 Å². The van der Waals surface area contributed by atoms with Gasteiger partial charge in [0, 0.05) is 0 Å². The van der Waals surface area contributed by atoms with E-state index in [-0.39, 0.29) is 0 Å². The molecule has 0 saturated carbocycles. The number of benzene rings is 3. The van der Waals surface area contributed by atoms with Gasteiger partial charge < -0.3 is 0 Å². The van der Waals surface area contributed by atoms with Crippen LogP contribution >= 0.6 is 7.28 Å². The zero-order valence-electron chi connectivity index (χ0n) is 27.7. The van der Waals surface area contributed by atoms with Gasteiger partial charge in [0.2, 0.25) is 0 Å². The van der Waals surface area contributed by atoms with E-state index in [4.69, 9.17) is 9.05 Å². The second-order valence-electron chi connectivity index (χ2n) is 12.5. The standard InChI is InChI=1S/C39H59O3P/c1-5-6-7-8-9-10-11-12-13-14-15-16-17-18-19-26-33-41-43(40,38-31-24-21-28-35(38)3,39-32-25-22-29-36(39)4)42-37-30-23-20-27-34(37)2/h20-25,27-32,40H,5-19,26,33H2,1-4H3. The molecule has 0 radical (unpaired) electrons. The Morgan fingerprint density at radius 3 is 1.28 bits per heavy atom. The SMILES string of the molecule is CCCCCCCCCCCCCCCCCCOP(O)(Oc1ccccc1C)(c1ccccc1C)c1ccccc1C. The Morgan fingerprint density at radius 2 is 0.860 bits per heavy atom. The van der Waals surface area contributed by atoms with Gasteiger partial charge in [-0.25, -0.2) is 0 Å². The Kier molecular flexibility index (Phi) is 15.2. The average Bonchev–Trinajstić information content (AvgIpc) is 3.00. The Hall–Kier alpha value is -2.19. The van der Waals surface area contributed by atoms with Gasteiger partial charge in [-0.3, -0.25) is 0 Å². The van der Waals surface area contributed by atoms with E-state index in [0.29, 0.717) is 12.4 Å². The fourth-order valence-electron chi connectivity index (χ4n) is 6.13. The maximum absolute atomic E-state index is 13.2. The third-order valence-electron chi connectivity index (χ3n) is 8.77. The number of para-hydroxylation sites is 1. The molecule has 3 rings (SSSR count). The van der Waals surface area contributed by atoms with Crippen LogP contribution in [0.1, 0.15) is 126 Å². The van der Waals surface area contributed by atoms with Crippen molar-refractivity contribution in [1.29, 1.82) is 0 Å². The normalized spacial score (nSPS) is 12.6. The molecule has 43 heavy (non-hydrogen) atoms. The zero-order chi connectivity index (χ0) is 30.8. The predicted molar refractivity (Wildman–Crippen MR) is 188 cm³/mol. The number of unbranched alkanes of at least 4 members (excludes halogenated alkanes) is 15. The molecule has 0 atom stereocenters. The van der Waals surface area contributed by atoms with Crippen molar-refractivity contribution in [2.24, 2.45) is 0 Å². The van der Waals surface area contributed by atoms with Gasteiger partial charge in [-0.1, -0.05) is 45.4 Å². The van der Waals surface area contributed by atoms with Gasteiger partial charge in [-0.05, 0) is 0 Å². The van der Waals surface area contributed by atoms with Crippen LogP contribution in [0.25, 0.3) is 0 Å². The van der Waals surface area contributed by atoms with Crippen molar-refractivity contribution in [2.75, 3.05) is 6.61 Å². The molecule has 238 valence electrons. The molecule has 0 unspecified atom stereocenters. The maximum atomic E-state index is 13.2. The van der Waals surface area contributed by atoms with Gasteiger partial charge in [0.1, 0.15) is 0 Å². The van der Waals surface area contributed by atoms with Crippen molar-refractivity contribution in [1.82, 2.24) is 0 Å². The second kappa shape index (κ2) is 18.6. The van der Waals surface area contributed by atoms with E-state index in [1.165, 1.54) is 89.9 Å². The van der Waals surface area contributed by atoms with Gasteiger partial charge in [0.25, 0.3) is 0 Å². The summed E-state index contributed by atoms with van der Waals surface area (Å²) in [5, 5.41) is 1.48. The summed E-state index contributed by atoms with van der Waals surface area (Å²) < 4.78 is 13.6. The van der Waals surface area contributed by atoms with E-state index in [9.17, 15) is 4.89 Å². The predicted octanol–water partition coefficient (Wildman–Crippen LogP) is 11.2. The summed E-state index contributed by atoms with van der Waals surface area (Å²) in [5.74, 6) is 0.654. The summed E-state index contributed by atoms with van der Waals surface area (Å²) >= 11 is 0. The second-order valence-corrected chi connectivity index (χ2v) is 15.7. The fourth-order valence-corrected chi connectivity index (χ4v) is 10.0. The number of hydrogen-bond acceptors (Lipinski definition) is 3. The van der Waals surface area contributed by atoms with Crippen LogP contribution in [-0.4, -0.2) is 11.5 Å². The summed E-state index contributed by atoms with van der Waals surface area (Å²) in [5.41, 5.74) is 2.90. The molecule has 0 amide bonds. The van der Waals surface area contributed by atoms with Crippen molar-refractivity contribution in [3.05, 3.63) is 89.5 Å². The van der Waals surface area contributed by atoms with Gasteiger partial charge in [-0.2, -0.15) is 0 Å². The number of hydrogen-bond donors (Lipinski definition) is 1. The van der Waals surface area contributed by atoms with Crippen molar-refractivity contribution >= 4 is 17.9 Å². The average molecular weight is 607 g/mol. The van der Waals surface area contributed by atoms with Crippen LogP contribution in [0.4, 0.5) is 0 Å². The molecule has 0 aliphatic heterocycles. The summed E-state index contributed by atoms with van der Waals surface area (Å²) in [7, 11) is -4.54. The van der Waals surface area contributed by atoms with Crippen molar-refractivity contribution in [3.8, 4) is 5.75 Å². The first-order chi connectivity index (χ1) is 20.9. The molecule has 4 heteroatoms. The summed E-state index contributed by atoms with van der Waals surface area (Å²) in [6.07, 6.45) is 21.2. The molecule has 0 spiro atoms. The van der Waals surface area contributed by atoms with E-state index in [1.807, 2.05) is 93.6 Å². The third-order valence-corrected chi connectivity index (χ3v) is 12.7. The van der Waals surface area contributed by atoms with Gasteiger partial charge in [0.15, 0.2) is 0 Å². The summed E-state index contributed by atoms with van der Waals surface area (Å²) in [6.45, 7) is 8.81. The molecule has 0 fully saturated rings. The third kappa shape index (κ3) is 10.4. The zero-order valence-corrected chi connectivity index (χ0v) is 28.6. The molecule has 1 N–H and O–H groups in total. The van der Waals surface area contributed by atoms with E-state index in [0.717, 1.165) is 40.1 Å². The van der Waals surface area contributed by atoms with Crippen LogP contribution in [0.15, 0.2) is 72.8 Å². The quantitative estimate of drug-likeness (QED) is 0.0913. The molecule has 0 aromatic heterocycles. The number of rotatable bonds is 22. The molecule has 0 aliphatic carbocycles.